The second kappa shape index (κ2) is 5.45. The Kier molecular flexibility index (Phi) is 4.19. The van der Waals surface area contributed by atoms with Crippen LogP contribution >= 0.6 is 31.9 Å². The number of hydrogen-bond acceptors (Lipinski definition) is 2. The summed E-state index contributed by atoms with van der Waals surface area (Å²) >= 11 is 6.71. The molecule has 0 N–H and O–H groups in total. The van der Waals surface area contributed by atoms with Crippen LogP contribution in [0.1, 0.15) is 19.3 Å². The van der Waals surface area contributed by atoms with Gasteiger partial charge in [0, 0.05) is 28.6 Å². The summed E-state index contributed by atoms with van der Waals surface area (Å²) in [5.74, 6) is 0.231. The maximum Gasteiger partial charge on any atom is 0.166 e. The van der Waals surface area contributed by atoms with Crippen molar-refractivity contribution in [3.63, 3.8) is 0 Å². The minimum absolute atomic E-state index is 0.248. The van der Waals surface area contributed by atoms with Gasteiger partial charge in [-0.25, -0.2) is 9.37 Å². The predicted octanol–water partition coefficient (Wildman–Crippen LogP) is 3.74. The van der Waals surface area contributed by atoms with Gasteiger partial charge in [-0.2, -0.15) is 0 Å². The van der Waals surface area contributed by atoms with Crippen molar-refractivity contribution in [1.82, 2.24) is 4.98 Å². The Hall–Kier alpha value is -0.160. The summed E-state index contributed by atoms with van der Waals surface area (Å²) in [6.07, 6.45) is 5.08. The number of aromatic nitrogens is 1. The van der Waals surface area contributed by atoms with Crippen LogP contribution in [-0.2, 0) is 0 Å². The zero-order chi connectivity index (χ0) is 11.5. The lowest BCUT2D eigenvalue weighted by atomic mass is 10.0. The van der Waals surface area contributed by atoms with Crippen molar-refractivity contribution >= 4 is 37.7 Å². The monoisotopic (exact) mass is 350 g/mol. The molecule has 1 aromatic rings. The van der Waals surface area contributed by atoms with Crippen LogP contribution in [0.2, 0.25) is 0 Å². The number of anilines is 1. The summed E-state index contributed by atoms with van der Waals surface area (Å²) in [6, 6.07) is 1.83. The molecule has 0 bridgehead atoms. The Balaban J connectivity index is 2.27. The van der Waals surface area contributed by atoms with Gasteiger partial charge in [0.2, 0.25) is 0 Å². The number of piperidine rings is 1. The summed E-state index contributed by atoms with van der Waals surface area (Å²) in [6.45, 7) is 0.891. The fourth-order valence-corrected chi connectivity index (χ4v) is 3.04. The first-order chi connectivity index (χ1) is 7.72. The van der Waals surface area contributed by atoms with Gasteiger partial charge in [-0.15, -0.1) is 0 Å². The highest BCUT2D eigenvalue weighted by molar-refractivity contribution is 9.10. The maximum absolute atomic E-state index is 13.8. The van der Waals surface area contributed by atoms with E-state index in [2.05, 4.69) is 41.7 Å². The normalized spacial score (nSPS) is 21.2. The molecule has 1 unspecified atom stereocenters. The van der Waals surface area contributed by atoms with Crippen molar-refractivity contribution < 1.29 is 4.39 Å². The van der Waals surface area contributed by atoms with E-state index in [-0.39, 0.29) is 5.82 Å². The van der Waals surface area contributed by atoms with Crippen LogP contribution in [0.3, 0.4) is 0 Å². The van der Waals surface area contributed by atoms with Crippen molar-refractivity contribution in [2.75, 3.05) is 16.8 Å². The molecule has 5 heteroatoms. The van der Waals surface area contributed by atoms with E-state index in [1.807, 2.05) is 0 Å². The minimum Gasteiger partial charge on any atom is -0.350 e. The molecule has 88 valence electrons. The lowest BCUT2D eigenvalue weighted by molar-refractivity contribution is 0.476. The Bertz CT molecular complexity index is 373. The topological polar surface area (TPSA) is 16.1 Å². The Morgan fingerprint density at radius 2 is 2.31 bits per heavy atom. The van der Waals surface area contributed by atoms with Gasteiger partial charge in [0.25, 0.3) is 0 Å². The maximum atomic E-state index is 13.8. The summed E-state index contributed by atoms with van der Waals surface area (Å²) in [5.41, 5.74) is 0. The second-order valence-electron chi connectivity index (χ2n) is 3.96. The number of hydrogen-bond donors (Lipinski definition) is 0. The smallest absolute Gasteiger partial charge is 0.166 e. The molecule has 16 heavy (non-hydrogen) atoms. The third kappa shape index (κ3) is 2.56. The third-order valence-corrected chi connectivity index (χ3v) is 4.05. The van der Waals surface area contributed by atoms with Crippen LogP contribution in [-0.4, -0.2) is 22.9 Å². The van der Waals surface area contributed by atoms with Crippen LogP contribution in [0, 0.1) is 5.82 Å². The van der Waals surface area contributed by atoms with Crippen molar-refractivity contribution in [2.24, 2.45) is 0 Å². The zero-order valence-corrected chi connectivity index (χ0v) is 12.0. The molecule has 2 rings (SSSR count). The minimum atomic E-state index is -0.248. The molecule has 1 aromatic heterocycles. The van der Waals surface area contributed by atoms with E-state index in [1.165, 1.54) is 12.5 Å². The van der Waals surface area contributed by atoms with Gasteiger partial charge < -0.3 is 4.90 Å². The lowest BCUT2D eigenvalue weighted by Crippen LogP contribution is -2.41. The zero-order valence-electron chi connectivity index (χ0n) is 8.80. The summed E-state index contributed by atoms with van der Waals surface area (Å²) in [5, 5.41) is 0.865. The lowest BCUT2D eigenvalue weighted by Gasteiger charge is -2.35. The van der Waals surface area contributed by atoms with Gasteiger partial charge in [0.1, 0.15) is 0 Å². The van der Waals surface area contributed by atoms with E-state index in [9.17, 15) is 4.39 Å². The van der Waals surface area contributed by atoms with E-state index in [4.69, 9.17) is 0 Å². The largest absolute Gasteiger partial charge is 0.350 e. The van der Waals surface area contributed by atoms with Crippen LogP contribution < -0.4 is 4.90 Å². The Morgan fingerprint density at radius 1 is 1.50 bits per heavy atom. The molecule has 0 radical (unpaired) electrons. The number of rotatable bonds is 2. The molecule has 1 atom stereocenters. The first-order valence-electron chi connectivity index (χ1n) is 5.36. The van der Waals surface area contributed by atoms with Crippen LogP contribution in [0.25, 0.3) is 0 Å². The van der Waals surface area contributed by atoms with Gasteiger partial charge in [-0.1, -0.05) is 15.9 Å². The van der Waals surface area contributed by atoms with Crippen molar-refractivity contribution in [1.29, 1.82) is 0 Å². The molecule has 1 aliphatic heterocycles. The summed E-state index contributed by atoms with van der Waals surface area (Å²) in [4.78, 5) is 6.25. The molecule has 1 saturated heterocycles. The first-order valence-corrected chi connectivity index (χ1v) is 7.27. The van der Waals surface area contributed by atoms with E-state index >= 15 is 0 Å². The molecule has 1 fully saturated rings. The van der Waals surface area contributed by atoms with Crippen molar-refractivity contribution in [2.45, 2.75) is 25.3 Å². The van der Waals surface area contributed by atoms with Crippen molar-refractivity contribution in [3.05, 3.63) is 22.6 Å². The molecule has 2 nitrogen and oxygen atoms in total. The molecule has 0 spiro atoms. The molecule has 0 aromatic carbocycles. The van der Waals surface area contributed by atoms with Gasteiger partial charge in [-0.3, -0.25) is 0 Å². The molecule has 0 aliphatic carbocycles. The average Bonchev–Trinajstić information content (AvgIpc) is 2.29. The van der Waals surface area contributed by atoms with Gasteiger partial charge in [0.05, 0.1) is 0 Å². The predicted molar refractivity (Wildman–Crippen MR) is 70.7 cm³/mol. The fourth-order valence-electron chi connectivity index (χ4n) is 2.06. The molecule has 0 amide bonds. The quantitative estimate of drug-likeness (QED) is 0.754. The molecule has 0 saturated carbocycles. The molecular formula is C11H13Br2FN2. The number of nitrogens with zero attached hydrogens (tertiary/aromatic N) is 2. The van der Waals surface area contributed by atoms with Crippen LogP contribution in [0.15, 0.2) is 16.7 Å². The van der Waals surface area contributed by atoms with Crippen molar-refractivity contribution in [3.8, 4) is 0 Å². The fraction of sp³-hybridized carbons (Fsp3) is 0.545. The number of pyridine rings is 1. The summed E-state index contributed by atoms with van der Waals surface area (Å²) < 4.78 is 14.5. The van der Waals surface area contributed by atoms with Gasteiger partial charge in [0.15, 0.2) is 11.6 Å². The average molecular weight is 352 g/mol. The molecule has 1 aliphatic rings. The Labute approximate surface area is 111 Å². The first kappa shape index (κ1) is 12.3. The highest BCUT2D eigenvalue weighted by Gasteiger charge is 2.24. The second-order valence-corrected chi connectivity index (χ2v) is 5.52. The summed E-state index contributed by atoms with van der Waals surface area (Å²) in [7, 11) is 0. The van der Waals surface area contributed by atoms with Gasteiger partial charge in [-0.05, 0) is 41.3 Å². The van der Waals surface area contributed by atoms with Crippen LogP contribution in [0.4, 0.5) is 10.2 Å². The third-order valence-electron chi connectivity index (χ3n) is 2.87. The van der Waals surface area contributed by atoms with Gasteiger partial charge >= 0.3 is 0 Å². The van der Waals surface area contributed by atoms with Crippen LogP contribution in [0.5, 0.6) is 0 Å². The molecule has 2 heterocycles. The SMILES string of the molecule is Fc1cc(Br)cnc1N1CCCCC1CBr. The Morgan fingerprint density at radius 3 is 3.00 bits per heavy atom. The standard InChI is InChI=1S/C11H13Br2FN2/c12-6-9-3-1-2-4-16(9)11-10(14)5-8(13)7-15-11/h5,7,9H,1-4,6H2. The van der Waals surface area contributed by atoms with E-state index in [1.54, 1.807) is 6.20 Å². The molecular weight excluding hydrogens is 339 g/mol. The van der Waals surface area contributed by atoms with E-state index < -0.39 is 0 Å². The van der Waals surface area contributed by atoms with E-state index in [0.717, 1.165) is 24.7 Å². The van der Waals surface area contributed by atoms with E-state index in [0.29, 0.717) is 16.3 Å². The number of halogens is 3. The number of alkyl halides is 1. The highest BCUT2D eigenvalue weighted by atomic mass is 79.9. The highest BCUT2D eigenvalue weighted by Crippen LogP contribution is 2.27.